The lowest BCUT2D eigenvalue weighted by Crippen LogP contribution is -2.06. The van der Waals surface area contributed by atoms with Crippen LogP contribution >= 0.6 is 0 Å². The molecule has 0 saturated heterocycles. The van der Waals surface area contributed by atoms with Crippen molar-refractivity contribution in [2.75, 3.05) is 0 Å². The molecule has 0 amide bonds. The molecule has 0 bridgehead atoms. The fraction of sp³-hybridized carbons (Fsp3) is 0.0227. The first kappa shape index (κ1) is 32.6. The SMILES string of the molecule is C#Cc1cccc(N=C2OC(=O)c3ccc(C(=O)c4ccc5c(c4)C(=Nc4cccc(Oc6cccc(Oc7cccc(C)c7)c6)c4)OC5=O)cc32)c1. The summed E-state index contributed by atoms with van der Waals surface area (Å²) in [7, 11) is 0. The van der Waals surface area contributed by atoms with Gasteiger partial charge in [0.25, 0.3) is 0 Å². The monoisotopic (exact) mass is 694 g/mol. The Morgan fingerprint density at radius 2 is 1.06 bits per heavy atom. The molecular formula is C44H26N2O7. The van der Waals surface area contributed by atoms with E-state index < -0.39 is 11.9 Å². The van der Waals surface area contributed by atoms with Gasteiger partial charge in [-0.05, 0) is 91.3 Å². The normalized spacial score (nSPS) is 14.3. The van der Waals surface area contributed by atoms with Gasteiger partial charge < -0.3 is 18.9 Å². The number of nitrogens with zero attached hydrogens (tertiary/aromatic N) is 2. The van der Waals surface area contributed by atoms with Gasteiger partial charge >= 0.3 is 11.9 Å². The first-order chi connectivity index (χ1) is 25.8. The van der Waals surface area contributed by atoms with E-state index in [9.17, 15) is 14.4 Å². The second-order valence-corrected chi connectivity index (χ2v) is 12.2. The summed E-state index contributed by atoms with van der Waals surface area (Å²) in [6, 6.07) is 38.2. The minimum absolute atomic E-state index is 0.0434. The van der Waals surface area contributed by atoms with Crippen molar-refractivity contribution in [1.82, 2.24) is 0 Å². The maximum Gasteiger partial charge on any atom is 0.345 e. The first-order valence-electron chi connectivity index (χ1n) is 16.4. The molecule has 2 aliphatic rings. The number of carbonyl (C=O) groups is 3. The molecule has 0 aromatic heterocycles. The van der Waals surface area contributed by atoms with Crippen LogP contribution in [0.4, 0.5) is 11.4 Å². The molecule has 0 saturated carbocycles. The molecule has 0 radical (unpaired) electrons. The zero-order valence-corrected chi connectivity index (χ0v) is 28.0. The van der Waals surface area contributed by atoms with Gasteiger partial charge in [-0.25, -0.2) is 19.6 Å². The number of hydrogen-bond acceptors (Lipinski definition) is 9. The summed E-state index contributed by atoms with van der Waals surface area (Å²) in [5.74, 6) is 3.53. The molecule has 0 atom stereocenters. The van der Waals surface area contributed by atoms with Crippen molar-refractivity contribution < 1.29 is 33.3 Å². The summed E-state index contributed by atoms with van der Waals surface area (Å²) >= 11 is 0. The highest BCUT2D eigenvalue weighted by Crippen LogP contribution is 2.32. The van der Waals surface area contributed by atoms with Crippen LogP contribution in [-0.2, 0) is 9.47 Å². The minimum atomic E-state index is -0.585. The Hall–Kier alpha value is -7.57. The number of ether oxygens (including phenoxy) is 4. The molecule has 8 rings (SSSR count). The van der Waals surface area contributed by atoms with E-state index in [1.807, 2.05) is 49.4 Å². The molecule has 6 aromatic carbocycles. The predicted octanol–water partition coefficient (Wildman–Crippen LogP) is 9.29. The summed E-state index contributed by atoms with van der Waals surface area (Å²) in [5, 5.41) is 0. The number of hydrogen-bond donors (Lipinski definition) is 0. The van der Waals surface area contributed by atoms with Gasteiger partial charge in [0.1, 0.15) is 23.0 Å². The van der Waals surface area contributed by atoms with E-state index in [0.29, 0.717) is 45.3 Å². The summed E-state index contributed by atoms with van der Waals surface area (Å²) in [6.45, 7) is 2.00. The number of aliphatic imine (C=N–C) groups is 2. The summed E-state index contributed by atoms with van der Waals surface area (Å²) in [6.07, 6.45) is 5.52. The molecule has 2 heterocycles. The summed E-state index contributed by atoms with van der Waals surface area (Å²) in [5.41, 5.74) is 4.53. The number of carbonyl (C=O) groups excluding carboxylic acids is 3. The molecule has 254 valence electrons. The van der Waals surface area contributed by atoms with Crippen molar-refractivity contribution in [3.63, 3.8) is 0 Å². The molecular weight excluding hydrogens is 668 g/mol. The van der Waals surface area contributed by atoms with Gasteiger partial charge in [0, 0.05) is 28.8 Å². The Labute approximate surface area is 303 Å². The van der Waals surface area contributed by atoms with Crippen LogP contribution in [0.25, 0.3) is 0 Å². The van der Waals surface area contributed by atoms with Crippen molar-refractivity contribution in [2.45, 2.75) is 6.92 Å². The Bertz CT molecular complexity index is 2610. The van der Waals surface area contributed by atoms with E-state index >= 15 is 0 Å². The highest BCUT2D eigenvalue weighted by Gasteiger charge is 2.31. The molecule has 0 N–H and O–H groups in total. The average molecular weight is 695 g/mol. The largest absolute Gasteiger partial charge is 0.457 e. The average Bonchev–Trinajstić information content (AvgIpc) is 3.65. The number of aryl methyl sites for hydroxylation is 1. The maximum atomic E-state index is 13.8. The van der Waals surface area contributed by atoms with Crippen LogP contribution in [0.3, 0.4) is 0 Å². The molecule has 9 heteroatoms. The molecule has 0 unspecified atom stereocenters. The van der Waals surface area contributed by atoms with Crippen molar-refractivity contribution >= 4 is 40.9 Å². The number of terminal acetylenes is 1. The van der Waals surface area contributed by atoms with Gasteiger partial charge in [0.2, 0.25) is 11.8 Å². The highest BCUT2D eigenvalue weighted by atomic mass is 16.6. The fourth-order valence-electron chi connectivity index (χ4n) is 5.88. The zero-order valence-electron chi connectivity index (χ0n) is 28.0. The number of ketones is 1. The molecule has 0 spiro atoms. The van der Waals surface area contributed by atoms with Gasteiger partial charge in [0.05, 0.1) is 33.6 Å². The van der Waals surface area contributed by atoms with Crippen LogP contribution in [0.1, 0.15) is 58.9 Å². The van der Waals surface area contributed by atoms with E-state index in [1.54, 1.807) is 78.9 Å². The van der Waals surface area contributed by atoms with E-state index in [2.05, 4.69) is 15.9 Å². The van der Waals surface area contributed by atoms with Crippen LogP contribution in [0, 0.1) is 19.3 Å². The quantitative estimate of drug-likeness (QED) is 0.0887. The van der Waals surface area contributed by atoms with Gasteiger partial charge in [-0.1, -0.05) is 48.4 Å². The van der Waals surface area contributed by atoms with Crippen molar-refractivity contribution in [3.05, 3.63) is 178 Å². The van der Waals surface area contributed by atoms with Crippen LogP contribution < -0.4 is 9.47 Å². The van der Waals surface area contributed by atoms with Crippen molar-refractivity contribution in [3.8, 4) is 35.3 Å². The Balaban J connectivity index is 1.04. The number of esters is 2. The van der Waals surface area contributed by atoms with Crippen molar-refractivity contribution in [2.24, 2.45) is 9.98 Å². The summed E-state index contributed by atoms with van der Waals surface area (Å²) < 4.78 is 23.1. The van der Waals surface area contributed by atoms with Crippen molar-refractivity contribution in [1.29, 1.82) is 0 Å². The lowest BCUT2D eigenvalue weighted by atomic mass is 9.96. The Morgan fingerprint density at radius 1 is 0.566 bits per heavy atom. The van der Waals surface area contributed by atoms with E-state index in [0.717, 1.165) is 11.3 Å². The Morgan fingerprint density at radius 3 is 1.62 bits per heavy atom. The lowest BCUT2D eigenvalue weighted by Gasteiger charge is -2.10. The van der Waals surface area contributed by atoms with Crippen LogP contribution in [0.15, 0.2) is 143 Å². The summed E-state index contributed by atoms with van der Waals surface area (Å²) in [4.78, 5) is 48.3. The number of benzene rings is 6. The topological polar surface area (TPSA) is 113 Å². The smallest absolute Gasteiger partial charge is 0.345 e. The van der Waals surface area contributed by atoms with E-state index in [4.69, 9.17) is 25.4 Å². The molecule has 53 heavy (non-hydrogen) atoms. The second-order valence-electron chi connectivity index (χ2n) is 12.2. The highest BCUT2D eigenvalue weighted by molar-refractivity contribution is 6.21. The first-order valence-corrected chi connectivity index (χ1v) is 16.4. The lowest BCUT2D eigenvalue weighted by molar-refractivity contribution is 0.0727. The third-order valence-electron chi connectivity index (χ3n) is 8.40. The van der Waals surface area contributed by atoms with Gasteiger partial charge in [-0.3, -0.25) is 4.79 Å². The molecule has 0 fully saturated rings. The maximum absolute atomic E-state index is 13.8. The number of cyclic esters (lactones) is 2. The third kappa shape index (κ3) is 6.80. The molecule has 2 aliphatic heterocycles. The van der Waals surface area contributed by atoms with Crippen LogP contribution in [-0.4, -0.2) is 29.5 Å². The second kappa shape index (κ2) is 13.6. The third-order valence-corrected chi connectivity index (χ3v) is 8.40. The van der Waals surface area contributed by atoms with E-state index in [1.165, 1.54) is 12.1 Å². The van der Waals surface area contributed by atoms with E-state index in [-0.39, 0.29) is 39.8 Å². The van der Waals surface area contributed by atoms with Gasteiger partial charge in [0.15, 0.2) is 5.78 Å². The van der Waals surface area contributed by atoms with Crippen LogP contribution in [0.5, 0.6) is 23.0 Å². The number of rotatable bonds is 8. The molecule has 9 nitrogen and oxygen atoms in total. The van der Waals surface area contributed by atoms with Gasteiger partial charge in [-0.15, -0.1) is 6.42 Å². The minimum Gasteiger partial charge on any atom is -0.457 e. The Kier molecular flexibility index (Phi) is 8.39. The standard InChI is InChI=1S/C44H26N2O7/c1-3-27-9-5-10-30(21-27)45-41-38-22-28(16-18-36(38)43(48)52-41)40(47)29-17-19-37-39(23-29)42(53-44(37)49)46-31-11-6-13-33(24-31)51-35-15-7-14-34(25-35)50-32-12-4-8-26(2)20-32/h1,4-25H,2H3. The van der Waals surface area contributed by atoms with Gasteiger partial charge in [-0.2, -0.15) is 0 Å². The zero-order chi connectivity index (χ0) is 36.5. The predicted molar refractivity (Wildman–Crippen MR) is 198 cm³/mol. The molecule has 0 aliphatic carbocycles. The fourth-order valence-corrected chi connectivity index (χ4v) is 5.88. The number of fused-ring (bicyclic) bond motifs is 2. The van der Waals surface area contributed by atoms with Crippen LogP contribution in [0.2, 0.25) is 0 Å². The molecule has 6 aromatic rings.